The second-order valence-electron chi connectivity index (χ2n) is 8.13. The Morgan fingerprint density at radius 2 is 1.62 bits per heavy atom. The number of hydrogen-bond acceptors (Lipinski definition) is 4. The van der Waals surface area contributed by atoms with Crippen molar-refractivity contribution in [2.75, 3.05) is 29.2 Å². The monoisotopic (exact) mass is 429 g/mol. The van der Waals surface area contributed by atoms with Crippen molar-refractivity contribution in [3.8, 4) is 5.75 Å². The summed E-state index contributed by atoms with van der Waals surface area (Å²) in [5.41, 5.74) is 4.19. The van der Waals surface area contributed by atoms with E-state index in [-0.39, 0.29) is 18.4 Å². The number of rotatable bonds is 6. The van der Waals surface area contributed by atoms with Gasteiger partial charge in [0.05, 0.1) is 25.0 Å². The number of benzene rings is 3. The number of methoxy groups -OCH3 is 1. The lowest BCUT2D eigenvalue weighted by Gasteiger charge is -2.36. The van der Waals surface area contributed by atoms with Gasteiger partial charge < -0.3 is 20.3 Å². The summed E-state index contributed by atoms with van der Waals surface area (Å²) < 4.78 is 5.28. The maximum Gasteiger partial charge on any atom is 0.251 e. The van der Waals surface area contributed by atoms with Gasteiger partial charge in [-0.25, -0.2) is 0 Å². The van der Waals surface area contributed by atoms with E-state index in [2.05, 4.69) is 24.5 Å². The molecule has 1 heterocycles. The van der Waals surface area contributed by atoms with Crippen LogP contribution < -0.4 is 20.3 Å². The van der Waals surface area contributed by atoms with E-state index in [1.807, 2.05) is 77.7 Å². The van der Waals surface area contributed by atoms with E-state index in [4.69, 9.17) is 4.74 Å². The normalized spacial score (nSPS) is 13.9. The molecule has 0 fully saturated rings. The first-order valence-corrected chi connectivity index (χ1v) is 10.7. The Balaban J connectivity index is 1.71. The zero-order valence-electron chi connectivity index (χ0n) is 18.5. The zero-order chi connectivity index (χ0) is 22.7. The number of para-hydroxylation sites is 2. The van der Waals surface area contributed by atoms with Crippen LogP contribution in [0.2, 0.25) is 0 Å². The van der Waals surface area contributed by atoms with Gasteiger partial charge in [0.25, 0.3) is 5.91 Å². The first kappa shape index (κ1) is 21.4. The van der Waals surface area contributed by atoms with Crippen LogP contribution in [-0.4, -0.2) is 25.5 Å². The van der Waals surface area contributed by atoms with Crippen molar-refractivity contribution in [1.29, 1.82) is 0 Å². The van der Waals surface area contributed by atoms with Crippen LogP contribution in [-0.2, 0) is 9.59 Å². The predicted octanol–water partition coefficient (Wildman–Crippen LogP) is 4.96. The minimum absolute atomic E-state index is 0.0768. The standard InChI is InChI=1S/C26H27N3O3/c1-17(2)18-8-12-20(13-9-18)27-26(31)25(19-10-14-21(32-3)15-11-19)29-16-24(30)28-22-6-4-5-7-23(22)29/h4-15,17,25H,16H2,1-3H3,(H,27,31)(H,28,30)/t25-/m1/s1. The summed E-state index contributed by atoms with van der Waals surface area (Å²) in [6.45, 7) is 4.34. The number of nitrogens with one attached hydrogen (secondary N) is 2. The fraction of sp³-hybridized carbons (Fsp3) is 0.231. The van der Waals surface area contributed by atoms with Crippen LogP contribution in [0.1, 0.15) is 36.9 Å². The Morgan fingerprint density at radius 3 is 2.28 bits per heavy atom. The SMILES string of the molecule is COc1ccc([C@H](C(=O)Nc2ccc(C(C)C)cc2)N2CC(=O)Nc3ccccc32)cc1. The molecule has 32 heavy (non-hydrogen) atoms. The second-order valence-corrected chi connectivity index (χ2v) is 8.13. The van der Waals surface area contributed by atoms with Crippen LogP contribution in [0, 0.1) is 0 Å². The third kappa shape index (κ3) is 4.44. The zero-order valence-corrected chi connectivity index (χ0v) is 18.5. The molecule has 164 valence electrons. The first-order valence-electron chi connectivity index (χ1n) is 10.7. The van der Waals surface area contributed by atoms with E-state index >= 15 is 0 Å². The Labute approximate surface area is 188 Å². The van der Waals surface area contributed by atoms with Crippen molar-refractivity contribution in [3.05, 3.63) is 83.9 Å². The van der Waals surface area contributed by atoms with Gasteiger partial charge in [-0.1, -0.05) is 50.2 Å². The lowest BCUT2D eigenvalue weighted by atomic mass is 10.0. The number of ether oxygens (including phenoxy) is 1. The van der Waals surface area contributed by atoms with Crippen molar-refractivity contribution >= 4 is 28.9 Å². The largest absolute Gasteiger partial charge is 0.497 e. The van der Waals surface area contributed by atoms with Crippen molar-refractivity contribution in [3.63, 3.8) is 0 Å². The number of amides is 2. The van der Waals surface area contributed by atoms with Crippen molar-refractivity contribution in [2.45, 2.75) is 25.8 Å². The molecule has 6 heteroatoms. The minimum Gasteiger partial charge on any atom is -0.497 e. The first-order chi connectivity index (χ1) is 15.5. The molecule has 0 radical (unpaired) electrons. The van der Waals surface area contributed by atoms with Gasteiger partial charge in [-0.3, -0.25) is 9.59 Å². The quantitative estimate of drug-likeness (QED) is 0.581. The lowest BCUT2D eigenvalue weighted by Crippen LogP contribution is -2.45. The summed E-state index contributed by atoms with van der Waals surface area (Å²) in [4.78, 5) is 27.9. The molecule has 1 aliphatic rings. The molecule has 6 nitrogen and oxygen atoms in total. The van der Waals surface area contributed by atoms with Crippen molar-refractivity contribution < 1.29 is 14.3 Å². The highest BCUT2D eigenvalue weighted by Gasteiger charge is 2.33. The molecule has 1 aliphatic heterocycles. The molecule has 2 N–H and O–H groups in total. The van der Waals surface area contributed by atoms with Gasteiger partial charge in [0.1, 0.15) is 11.8 Å². The molecule has 2 amide bonds. The van der Waals surface area contributed by atoms with E-state index in [1.54, 1.807) is 7.11 Å². The summed E-state index contributed by atoms with van der Waals surface area (Å²) in [6, 6.07) is 22.0. The average Bonchev–Trinajstić information content (AvgIpc) is 2.80. The molecule has 1 atom stereocenters. The summed E-state index contributed by atoms with van der Waals surface area (Å²) in [6.07, 6.45) is 0. The van der Waals surface area contributed by atoms with Gasteiger partial charge in [-0.2, -0.15) is 0 Å². The van der Waals surface area contributed by atoms with E-state index in [0.717, 1.165) is 11.3 Å². The van der Waals surface area contributed by atoms with E-state index in [1.165, 1.54) is 5.56 Å². The Kier molecular flexibility index (Phi) is 6.12. The summed E-state index contributed by atoms with van der Waals surface area (Å²) in [5, 5.41) is 5.92. The van der Waals surface area contributed by atoms with E-state index in [9.17, 15) is 9.59 Å². The number of anilines is 3. The molecular formula is C26H27N3O3. The molecule has 0 saturated heterocycles. The fourth-order valence-corrected chi connectivity index (χ4v) is 3.91. The number of nitrogens with zero attached hydrogens (tertiary/aromatic N) is 1. The van der Waals surface area contributed by atoms with Crippen LogP contribution in [0.3, 0.4) is 0 Å². The lowest BCUT2D eigenvalue weighted by molar-refractivity contribution is -0.118. The third-order valence-electron chi connectivity index (χ3n) is 5.64. The van der Waals surface area contributed by atoms with Crippen LogP contribution >= 0.6 is 0 Å². The molecule has 4 rings (SSSR count). The van der Waals surface area contributed by atoms with Crippen molar-refractivity contribution in [2.24, 2.45) is 0 Å². The number of carbonyl (C=O) groups is 2. The highest BCUT2D eigenvalue weighted by atomic mass is 16.5. The molecule has 0 saturated carbocycles. The minimum atomic E-state index is -0.696. The summed E-state index contributed by atoms with van der Waals surface area (Å²) in [7, 11) is 1.60. The van der Waals surface area contributed by atoms with Crippen LogP contribution in [0.4, 0.5) is 17.1 Å². The van der Waals surface area contributed by atoms with Gasteiger partial charge in [0.2, 0.25) is 5.91 Å². The highest BCUT2D eigenvalue weighted by molar-refractivity contribution is 6.05. The molecular weight excluding hydrogens is 402 g/mol. The topological polar surface area (TPSA) is 70.7 Å². The van der Waals surface area contributed by atoms with Gasteiger partial charge >= 0.3 is 0 Å². The smallest absolute Gasteiger partial charge is 0.251 e. The van der Waals surface area contributed by atoms with E-state index < -0.39 is 6.04 Å². The molecule has 3 aromatic rings. The predicted molar refractivity (Wildman–Crippen MR) is 127 cm³/mol. The summed E-state index contributed by atoms with van der Waals surface area (Å²) >= 11 is 0. The Bertz CT molecular complexity index is 1110. The number of carbonyl (C=O) groups excluding carboxylic acids is 2. The summed E-state index contributed by atoms with van der Waals surface area (Å²) in [5.74, 6) is 0.748. The number of fused-ring (bicyclic) bond motifs is 1. The van der Waals surface area contributed by atoms with Crippen LogP contribution in [0.5, 0.6) is 5.75 Å². The van der Waals surface area contributed by atoms with E-state index in [0.29, 0.717) is 23.0 Å². The third-order valence-corrected chi connectivity index (χ3v) is 5.64. The van der Waals surface area contributed by atoms with Gasteiger partial charge in [-0.15, -0.1) is 0 Å². The van der Waals surface area contributed by atoms with Gasteiger partial charge in [0, 0.05) is 5.69 Å². The molecule has 0 unspecified atom stereocenters. The molecule has 0 bridgehead atoms. The van der Waals surface area contributed by atoms with Crippen LogP contribution in [0.25, 0.3) is 0 Å². The molecule has 3 aromatic carbocycles. The maximum atomic E-state index is 13.6. The van der Waals surface area contributed by atoms with Crippen LogP contribution in [0.15, 0.2) is 72.8 Å². The number of hydrogen-bond donors (Lipinski definition) is 2. The van der Waals surface area contributed by atoms with Gasteiger partial charge in [-0.05, 0) is 53.4 Å². The van der Waals surface area contributed by atoms with Crippen molar-refractivity contribution in [1.82, 2.24) is 0 Å². The molecule has 0 aliphatic carbocycles. The average molecular weight is 430 g/mol. The Hall–Kier alpha value is -3.80. The fourth-order valence-electron chi connectivity index (χ4n) is 3.91. The second kappa shape index (κ2) is 9.14. The Morgan fingerprint density at radius 1 is 0.969 bits per heavy atom. The van der Waals surface area contributed by atoms with Gasteiger partial charge in [0.15, 0.2) is 0 Å². The molecule has 0 spiro atoms. The highest BCUT2D eigenvalue weighted by Crippen LogP contribution is 2.36. The maximum absolute atomic E-state index is 13.6. The molecule has 0 aromatic heterocycles.